The molecule has 0 bridgehead atoms. The van der Waals surface area contributed by atoms with Gasteiger partial charge in [0.05, 0.1) is 18.9 Å². The summed E-state index contributed by atoms with van der Waals surface area (Å²) in [6.45, 7) is 0.154. The van der Waals surface area contributed by atoms with Crippen molar-refractivity contribution in [1.29, 1.82) is 0 Å². The highest BCUT2D eigenvalue weighted by Gasteiger charge is 2.62. The van der Waals surface area contributed by atoms with Crippen molar-refractivity contribution in [2.45, 2.75) is 87.1 Å². The lowest BCUT2D eigenvalue weighted by Crippen LogP contribution is -2.56. The first-order valence-electron chi connectivity index (χ1n) is 16.7. The van der Waals surface area contributed by atoms with E-state index < -0.39 is 44.8 Å². The van der Waals surface area contributed by atoms with Crippen molar-refractivity contribution < 1.29 is 32.3 Å². The van der Waals surface area contributed by atoms with Gasteiger partial charge >= 0.3 is 0 Å². The summed E-state index contributed by atoms with van der Waals surface area (Å²) in [6, 6.07) is 8.30. The lowest BCUT2D eigenvalue weighted by atomic mass is 10.1. The number of carbonyl (C=O) groups excluding carboxylic acids is 3. The first kappa shape index (κ1) is 32.1. The molecule has 0 radical (unpaired) electrons. The Morgan fingerprint density at radius 2 is 1.96 bits per heavy atom. The summed E-state index contributed by atoms with van der Waals surface area (Å²) in [5.41, 5.74) is -1.40. The molecule has 2 aliphatic carbocycles. The molecule has 1 aromatic carbocycles. The molecule has 3 fully saturated rings. The molecule has 4 unspecified atom stereocenters. The number of nitrogens with one attached hydrogen (secondary N) is 2. The molecule has 2 saturated carbocycles. The van der Waals surface area contributed by atoms with Crippen LogP contribution in [-0.2, 0) is 24.4 Å². The second-order valence-corrected chi connectivity index (χ2v) is 15.1. The Morgan fingerprint density at radius 1 is 1.12 bits per heavy atom. The number of rotatable bonds is 7. The van der Waals surface area contributed by atoms with E-state index in [4.69, 9.17) is 14.5 Å². The van der Waals surface area contributed by atoms with Crippen molar-refractivity contribution in [2.75, 3.05) is 13.7 Å². The van der Waals surface area contributed by atoms with Crippen LogP contribution in [0.1, 0.15) is 64.2 Å². The molecule has 48 heavy (non-hydrogen) atoms. The highest BCUT2D eigenvalue weighted by atomic mass is 32.2. The molecule has 1 saturated heterocycles. The van der Waals surface area contributed by atoms with E-state index in [2.05, 4.69) is 15.1 Å². The van der Waals surface area contributed by atoms with Crippen molar-refractivity contribution in [3.8, 4) is 17.4 Å². The molecule has 7 rings (SSSR count). The zero-order valence-corrected chi connectivity index (χ0v) is 27.7. The Balaban J connectivity index is 1.17. The maximum absolute atomic E-state index is 14.1. The van der Waals surface area contributed by atoms with Crippen molar-refractivity contribution in [1.82, 2.24) is 29.7 Å². The van der Waals surface area contributed by atoms with Crippen LogP contribution >= 0.6 is 0 Å². The monoisotopic (exact) mass is 676 g/mol. The fourth-order valence-electron chi connectivity index (χ4n) is 6.76. The molecule has 4 atom stereocenters. The van der Waals surface area contributed by atoms with Crippen LogP contribution in [0.25, 0.3) is 16.6 Å². The summed E-state index contributed by atoms with van der Waals surface area (Å²) in [4.78, 5) is 47.5. The molecular weight excluding hydrogens is 636 g/mol. The average Bonchev–Trinajstić information content (AvgIpc) is 3.93. The number of allylic oxidation sites excluding steroid dienone is 1. The maximum Gasteiger partial charge on any atom is 0.259 e. The number of methoxy groups -OCH3 is 1. The van der Waals surface area contributed by atoms with Crippen LogP contribution in [-0.4, -0.2) is 82.4 Å². The number of fused-ring (bicyclic) bond motifs is 3. The number of benzene rings is 1. The van der Waals surface area contributed by atoms with Gasteiger partial charge in [-0.3, -0.25) is 19.1 Å². The number of sulfonamides is 1. The number of pyridine rings is 1. The minimum Gasteiger partial charge on any atom is -0.497 e. The van der Waals surface area contributed by atoms with Crippen LogP contribution in [0.5, 0.6) is 11.6 Å². The largest absolute Gasteiger partial charge is 0.497 e. The van der Waals surface area contributed by atoms with Gasteiger partial charge in [0.15, 0.2) is 5.82 Å². The number of nitrogens with zero attached hydrogens (tertiary/aromatic N) is 4. The minimum atomic E-state index is -3.82. The van der Waals surface area contributed by atoms with E-state index >= 15 is 0 Å². The molecular formula is C34H40N6O7S. The molecule has 13 nitrogen and oxygen atoms in total. The predicted octanol–water partition coefficient (Wildman–Crippen LogP) is 3.17. The molecule has 0 spiro atoms. The van der Waals surface area contributed by atoms with Gasteiger partial charge < -0.3 is 19.7 Å². The van der Waals surface area contributed by atoms with Crippen LogP contribution in [0.4, 0.5) is 0 Å². The van der Waals surface area contributed by atoms with Gasteiger partial charge in [0, 0.05) is 36.5 Å². The van der Waals surface area contributed by atoms with Crippen molar-refractivity contribution in [3.05, 3.63) is 54.9 Å². The van der Waals surface area contributed by atoms with Gasteiger partial charge in [-0.1, -0.05) is 25.0 Å². The lowest BCUT2D eigenvalue weighted by molar-refractivity contribution is -0.139. The number of carbonyl (C=O) groups is 3. The third kappa shape index (κ3) is 6.49. The Morgan fingerprint density at radius 3 is 2.73 bits per heavy atom. The van der Waals surface area contributed by atoms with Crippen molar-refractivity contribution >= 4 is 38.5 Å². The molecule has 3 aromatic rings. The first-order chi connectivity index (χ1) is 23.2. The molecule has 3 amide bonds. The van der Waals surface area contributed by atoms with Crippen LogP contribution < -0.4 is 19.5 Å². The highest BCUT2D eigenvalue weighted by Crippen LogP contribution is 2.46. The van der Waals surface area contributed by atoms with Gasteiger partial charge in [0.1, 0.15) is 23.4 Å². The van der Waals surface area contributed by atoms with Gasteiger partial charge in [-0.05, 0) is 74.2 Å². The van der Waals surface area contributed by atoms with E-state index in [0.29, 0.717) is 36.7 Å². The van der Waals surface area contributed by atoms with Gasteiger partial charge in [-0.25, -0.2) is 13.1 Å². The van der Waals surface area contributed by atoms with Crippen LogP contribution in [0.2, 0.25) is 0 Å². The van der Waals surface area contributed by atoms with Gasteiger partial charge in [-0.15, -0.1) is 0 Å². The summed E-state index contributed by atoms with van der Waals surface area (Å²) in [7, 11) is -2.23. The van der Waals surface area contributed by atoms with E-state index in [1.165, 1.54) is 0 Å². The van der Waals surface area contributed by atoms with Gasteiger partial charge in [0.2, 0.25) is 27.7 Å². The average molecular weight is 677 g/mol. The Bertz CT molecular complexity index is 1860. The summed E-state index contributed by atoms with van der Waals surface area (Å²) in [5.74, 6) is -0.232. The molecule has 2 N–H and O–H groups in total. The quantitative estimate of drug-likeness (QED) is 0.358. The fraction of sp³-hybridized carbons (Fsp3) is 0.500. The van der Waals surface area contributed by atoms with Crippen LogP contribution in [0.15, 0.2) is 54.9 Å². The third-order valence-electron chi connectivity index (χ3n) is 9.74. The van der Waals surface area contributed by atoms with Crippen molar-refractivity contribution in [2.24, 2.45) is 5.92 Å². The Kier molecular flexibility index (Phi) is 8.60. The van der Waals surface area contributed by atoms with Crippen molar-refractivity contribution in [3.63, 3.8) is 0 Å². The zero-order valence-electron chi connectivity index (χ0n) is 26.8. The fourth-order valence-corrected chi connectivity index (χ4v) is 8.12. The van der Waals surface area contributed by atoms with E-state index in [1.54, 1.807) is 35.2 Å². The number of ether oxygens (including phenoxy) is 2. The summed E-state index contributed by atoms with van der Waals surface area (Å²) in [5, 5.41) is 8.18. The standard InChI is InChI=1S/C34H40N6O7S/c1-46-24-11-14-27-22(17-24)18-29(40-16-8-15-35-40)36-32(27)47-25-19-28-31(42)37-34(33(43)38-48(44,45)26-12-13-26)20-23(34)9-6-4-2-3-5-7-10-30(41)39(28)21-25/h6,8-9,11,14-18,23,25-26,28H,2-5,7,10,12-13,19-21H2,1H3,(H,37,42)(H,38,43)/b9-6+. The number of aromatic nitrogens is 3. The highest BCUT2D eigenvalue weighted by molar-refractivity contribution is 7.91. The lowest BCUT2D eigenvalue weighted by Gasteiger charge is -2.26. The van der Waals surface area contributed by atoms with E-state index in [0.717, 1.165) is 36.5 Å². The molecule has 2 aromatic heterocycles. The number of hydrogen-bond acceptors (Lipinski definition) is 9. The number of hydrogen-bond donors (Lipinski definition) is 2. The van der Waals surface area contributed by atoms with Crippen LogP contribution in [0.3, 0.4) is 0 Å². The van der Waals surface area contributed by atoms with E-state index in [1.807, 2.05) is 36.4 Å². The SMILES string of the molecule is COc1ccc2c(OC3CC4C(=O)NC5(C(=O)NS(=O)(=O)C6CC6)CC5/C=C/CCCCCCC(=O)N4C3)nc(-n3cccn3)cc2c1. The molecule has 2 aliphatic heterocycles. The summed E-state index contributed by atoms with van der Waals surface area (Å²) < 4.78 is 41.2. The maximum atomic E-state index is 14.1. The zero-order chi connectivity index (χ0) is 33.5. The molecule has 4 heterocycles. The third-order valence-corrected chi connectivity index (χ3v) is 11.6. The number of amides is 3. The second kappa shape index (κ2) is 12.9. The Hall–Kier alpha value is -4.46. The summed E-state index contributed by atoms with van der Waals surface area (Å²) in [6.07, 6.45) is 12.8. The predicted molar refractivity (Wildman–Crippen MR) is 176 cm³/mol. The molecule has 4 aliphatic rings. The topological polar surface area (TPSA) is 162 Å². The van der Waals surface area contributed by atoms with Gasteiger partial charge in [0.25, 0.3) is 5.91 Å². The van der Waals surface area contributed by atoms with E-state index in [9.17, 15) is 22.8 Å². The Labute approximate surface area is 279 Å². The minimum absolute atomic E-state index is 0.154. The second-order valence-electron chi connectivity index (χ2n) is 13.2. The molecule has 14 heteroatoms. The smallest absolute Gasteiger partial charge is 0.259 e. The normalized spacial score (nSPS) is 27.2. The first-order valence-corrected chi connectivity index (χ1v) is 18.2. The molecule has 254 valence electrons. The van der Waals surface area contributed by atoms with Gasteiger partial charge in [-0.2, -0.15) is 10.1 Å². The van der Waals surface area contributed by atoms with Crippen LogP contribution in [0, 0.1) is 5.92 Å². The van der Waals surface area contributed by atoms with E-state index in [-0.39, 0.29) is 37.6 Å². The summed E-state index contributed by atoms with van der Waals surface area (Å²) >= 11 is 0.